The van der Waals surface area contributed by atoms with Crippen molar-refractivity contribution in [2.75, 3.05) is 6.54 Å². The molecule has 1 N–H and O–H groups in total. The molecule has 2 rings (SSSR count). The van der Waals surface area contributed by atoms with Gasteiger partial charge in [-0.05, 0) is 36.8 Å². The first-order valence-electron chi connectivity index (χ1n) is 7.09. The van der Waals surface area contributed by atoms with Gasteiger partial charge in [0.1, 0.15) is 0 Å². The maximum Gasteiger partial charge on any atom is 0.251 e. The Hall–Kier alpha value is -1.31. The number of carbonyl (C=O) groups is 1. The van der Waals surface area contributed by atoms with Crippen molar-refractivity contribution in [3.05, 3.63) is 35.9 Å². The Morgan fingerprint density at radius 2 is 2.06 bits per heavy atom. The highest BCUT2D eigenvalue weighted by atomic mass is 16.1. The largest absolute Gasteiger partial charge is 0.352 e. The highest BCUT2D eigenvalue weighted by molar-refractivity contribution is 5.94. The molecule has 98 valence electrons. The van der Waals surface area contributed by atoms with Crippen LogP contribution in [0.4, 0.5) is 0 Å². The fraction of sp³-hybridized carbons (Fsp3) is 0.562. The quantitative estimate of drug-likeness (QED) is 0.862. The van der Waals surface area contributed by atoms with E-state index in [2.05, 4.69) is 12.2 Å². The van der Waals surface area contributed by atoms with E-state index >= 15 is 0 Å². The maximum absolute atomic E-state index is 11.8. The molecule has 0 saturated heterocycles. The summed E-state index contributed by atoms with van der Waals surface area (Å²) in [5, 5.41) is 3.02. The lowest BCUT2D eigenvalue weighted by Crippen LogP contribution is -2.27. The number of amides is 1. The number of benzene rings is 1. The van der Waals surface area contributed by atoms with E-state index in [-0.39, 0.29) is 5.91 Å². The third-order valence-electron chi connectivity index (χ3n) is 3.92. The van der Waals surface area contributed by atoms with E-state index in [4.69, 9.17) is 0 Å². The third-order valence-corrected chi connectivity index (χ3v) is 3.92. The second-order valence-corrected chi connectivity index (χ2v) is 5.55. The molecule has 2 heteroatoms. The molecule has 0 bridgehead atoms. The molecule has 0 aliphatic heterocycles. The lowest BCUT2D eigenvalue weighted by atomic mass is 9.81. The number of hydrogen-bond acceptors (Lipinski definition) is 1. The predicted octanol–water partition coefficient (Wildman–Crippen LogP) is 3.63. The minimum atomic E-state index is 0.0551. The van der Waals surface area contributed by atoms with Crippen molar-refractivity contribution in [2.24, 2.45) is 11.8 Å². The topological polar surface area (TPSA) is 29.1 Å². The zero-order valence-electron chi connectivity index (χ0n) is 11.2. The van der Waals surface area contributed by atoms with Gasteiger partial charge in [0.15, 0.2) is 0 Å². The van der Waals surface area contributed by atoms with Crippen LogP contribution < -0.4 is 5.32 Å². The van der Waals surface area contributed by atoms with Gasteiger partial charge in [-0.25, -0.2) is 0 Å². The van der Waals surface area contributed by atoms with Gasteiger partial charge in [-0.3, -0.25) is 4.79 Å². The van der Waals surface area contributed by atoms with Crippen LogP contribution in [-0.2, 0) is 0 Å². The van der Waals surface area contributed by atoms with Crippen molar-refractivity contribution in [3.8, 4) is 0 Å². The van der Waals surface area contributed by atoms with Crippen molar-refractivity contribution in [1.82, 2.24) is 5.32 Å². The summed E-state index contributed by atoms with van der Waals surface area (Å²) in [5.41, 5.74) is 0.759. The van der Waals surface area contributed by atoms with Crippen LogP contribution in [0.25, 0.3) is 0 Å². The molecule has 0 spiro atoms. The molecule has 1 amide bonds. The van der Waals surface area contributed by atoms with Crippen molar-refractivity contribution in [2.45, 2.75) is 39.0 Å². The summed E-state index contributed by atoms with van der Waals surface area (Å²) < 4.78 is 0. The Kier molecular flexibility index (Phi) is 4.80. The standard InChI is InChI=1S/C16H23NO/c1-13-6-5-7-14(12-13)10-11-17-16(18)15-8-3-2-4-9-15/h2-4,8-9,13-14H,5-7,10-12H2,1H3,(H,17,18). The van der Waals surface area contributed by atoms with E-state index in [1.165, 1.54) is 25.7 Å². The van der Waals surface area contributed by atoms with Gasteiger partial charge in [-0.2, -0.15) is 0 Å². The first-order valence-corrected chi connectivity index (χ1v) is 7.09. The Bertz CT molecular complexity index is 374. The lowest BCUT2D eigenvalue weighted by molar-refractivity contribution is 0.0949. The molecule has 0 radical (unpaired) electrons. The smallest absolute Gasteiger partial charge is 0.251 e. The Labute approximate surface area is 110 Å². The second kappa shape index (κ2) is 6.58. The Morgan fingerprint density at radius 1 is 1.28 bits per heavy atom. The van der Waals surface area contributed by atoms with Crippen molar-refractivity contribution < 1.29 is 4.79 Å². The van der Waals surface area contributed by atoms with Crippen LogP contribution >= 0.6 is 0 Å². The van der Waals surface area contributed by atoms with E-state index in [0.717, 1.165) is 30.4 Å². The lowest BCUT2D eigenvalue weighted by Gasteiger charge is -2.26. The van der Waals surface area contributed by atoms with Crippen LogP contribution in [0.3, 0.4) is 0 Å². The van der Waals surface area contributed by atoms with E-state index in [1.54, 1.807) is 0 Å². The predicted molar refractivity (Wildman–Crippen MR) is 74.5 cm³/mol. The monoisotopic (exact) mass is 245 g/mol. The summed E-state index contributed by atoms with van der Waals surface area (Å²) in [6.07, 6.45) is 6.54. The molecule has 1 aliphatic rings. The highest BCUT2D eigenvalue weighted by Crippen LogP contribution is 2.30. The Balaban J connectivity index is 1.70. The molecule has 1 saturated carbocycles. The molecule has 18 heavy (non-hydrogen) atoms. The SMILES string of the molecule is CC1CCCC(CCNC(=O)c2ccccc2)C1. The van der Waals surface area contributed by atoms with Crippen LogP contribution in [-0.4, -0.2) is 12.5 Å². The zero-order chi connectivity index (χ0) is 12.8. The van der Waals surface area contributed by atoms with Gasteiger partial charge in [0.25, 0.3) is 5.91 Å². The van der Waals surface area contributed by atoms with Crippen LogP contribution in [0, 0.1) is 11.8 Å². The van der Waals surface area contributed by atoms with Crippen LogP contribution in [0.15, 0.2) is 30.3 Å². The summed E-state index contributed by atoms with van der Waals surface area (Å²) in [4.78, 5) is 11.8. The summed E-state index contributed by atoms with van der Waals surface area (Å²) in [5.74, 6) is 1.73. The summed E-state index contributed by atoms with van der Waals surface area (Å²) in [6.45, 7) is 3.15. The highest BCUT2D eigenvalue weighted by Gasteiger charge is 2.18. The molecule has 2 nitrogen and oxygen atoms in total. The minimum absolute atomic E-state index is 0.0551. The van der Waals surface area contributed by atoms with Gasteiger partial charge in [0.2, 0.25) is 0 Å². The van der Waals surface area contributed by atoms with Crippen molar-refractivity contribution >= 4 is 5.91 Å². The minimum Gasteiger partial charge on any atom is -0.352 e. The van der Waals surface area contributed by atoms with E-state index in [0.29, 0.717) is 0 Å². The average Bonchev–Trinajstić information content (AvgIpc) is 2.40. The molecule has 0 heterocycles. The molecule has 1 fully saturated rings. The average molecular weight is 245 g/mol. The summed E-state index contributed by atoms with van der Waals surface area (Å²) >= 11 is 0. The van der Waals surface area contributed by atoms with Gasteiger partial charge in [0, 0.05) is 12.1 Å². The third kappa shape index (κ3) is 3.86. The number of nitrogens with one attached hydrogen (secondary N) is 1. The van der Waals surface area contributed by atoms with Gasteiger partial charge < -0.3 is 5.32 Å². The van der Waals surface area contributed by atoms with E-state index in [9.17, 15) is 4.79 Å². The molecular formula is C16H23NO. The number of rotatable bonds is 4. The maximum atomic E-state index is 11.8. The second-order valence-electron chi connectivity index (χ2n) is 5.55. The van der Waals surface area contributed by atoms with Crippen molar-refractivity contribution in [1.29, 1.82) is 0 Å². The fourth-order valence-electron chi connectivity index (χ4n) is 2.90. The molecule has 1 aromatic rings. The number of carbonyl (C=O) groups excluding carboxylic acids is 1. The van der Waals surface area contributed by atoms with Crippen LogP contribution in [0.2, 0.25) is 0 Å². The zero-order valence-corrected chi connectivity index (χ0v) is 11.2. The number of hydrogen-bond donors (Lipinski definition) is 1. The fourth-order valence-corrected chi connectivity index (χ4v) is 2.90. The van der Waals surface area contributed by atoms with Gasteiger partial charge in [-0.15, -0.1) is 0 Å². The van der Waals surface area contributed by atoms with E-state index in [1.807, 2.05) is 30.3 Å². The molecule has 0 aromatic heterocycles. The van der Waals surface area contributed by atoms with Gasteiger partial charge >= 0.3 is 0 Å². The summed E-state index contributed by atoms with van der Waals surface area (Å²) in [6, 6.07) is 9.45. The molecule has 2 unspecified atom stereocenters. The normalized spacial score (nSPS) is 23.6. The first kappa shape index (κ1) is 13.1. The molecular weight excluding hydrogens is 222 g/mol. The molecule has 1 aliphatic carbocycles. The van der Waals surface area contributed by atoms with Gasteiger partial charge in [-0.1, -0.05) is 44.4 Å². The first-order chi connectivity index (χ1) is 8.75. The van der Waals surface area contributed by atoms with Crippen LogP contribution in [0.5, 0.6) is 0 Å². The Morgan fingerprint density at radius 3 is 2.78 bits per heavy atom. The molecule has 2 atom stereocenters. The molecule has 1 aromatic carbocycles. The van der Waals surface area contributed by atoms with E-state index < -0.39 is 0 Å². The van der Waals surface area contributed by atoms with Crippen LogP contribution in [0.1, 0.15) is 49.4 Å². The van der Waals surface area contributed by atoms with Crippen molar-refractivity contribution in [3.63, 3.8) is 0 Å². The summed E-state index contributed by atoms with van der Waals surface area (Å²) in [7, 11) is 0. The van der Waals surface area contributed by atoms with Gasteiger partial charge in [0.05, 0.1) is 0 Å².